The number of fused-ring (bicyclic) bond motifs is 2. The number of carbonyl (C=O) groups excluding carboxylic acids is 2. The average Bonchev–Trinajstić information content (AvgIpc) is 3.28. The van der Waals surface area contributed by atoms with Crippen molar-refractivity contribution in [1.82, 2.24) is 20.4 Å². The summed E-state index contributed by atoms with van der Waals surface area (Å²) < 4.78 is 36.8. The predicted molar refractivity (Wildman–Crippen MR) is 253 cm³/mol. The lowest BCUT2D eigenvalue weighted by molar-refractivity contribution is 0.0943. The van der Waals surface area contributed by atoms with E-state index >= 15 is 0 Å². The molecule has 2 unspecified atom stereocenters. The van der Waals surface area contributed by atoms with Crippen molar-refractivity contribution in [2.45, 2.75) is 24.7 Å². The molecule has 0 aliphatic carbocycles. The number of amides is 2. The lowest BCUT2D eigenvalue weighted by Gasteiger charge is -2.29. The van der Waals surface area contributed by atoms with E-state index < -0.39 is 0 Å². The van der Waals surface area contributed by atoms with Crippen LogP contribution < -0.4 is 36.2 Å². The van der Waals surface area contributed by atoms with Crippen LogP contribution in [0.5, 0.6) is 0 Å². The summed E-state index contributed by atoms with van der Waals surface area (Å²) in [6.45, 7) is 11.3. The normalized spacial score (nSPS) is 15.2. The first-order valence-electron chi connectivity index (χ1n) is 21.5. The topological polar surface area (TPSA) is 153 Å². The van der Waals surface area contributed by atoms with Gasteiger partial charge in [0, 0.05) is 104 Å². The van der Waals surface area contributed by atoms with Crippen LogP contribution in [-0.2, 0) is 9.47 Å². The van der Waals surface area contributed by atoms with Gasteiger partial charge in [0.15, 0.2) is 22.6 Å². The second-order valence-electron chi connectivity index (χ2n) is 16.5. The van der Waals surface area contributed by atoms with Gasteiger partial charge in [0.2, 0.25) is 0 Å². The second kappa shape index (κ2) is 22.0. The molecular formula is C47H59BrFN7O8. The molecule has 5 aromatic rings. The highest BCUT2D eigenvalue weighted by Gasteiger charge is 2.24. The summed E-state index contributed by atoms with van der Waals surface area (Å²) in [5, 5.41) is 6.58. The monoisotopic (exact) mass is 947 g/mol. The SMILES string of the molecule is CC(Br)c1cc(C(=O)NCCN(C)C)cc2c(=O)cc(N3CCOCC3)oc12.CC(c1cc(C(=O)NCCN(C)C)cc2c(=O)cc(N3CCOCC3)oc12)N(C)c1ccc(F)cc1. The predicted octanol–water partition coefficient (Wildman–Crippen LogP) is 5.63. The lowest BCUT2D eigenvalue weighted by Crippen LogP contribution is -2.36. The van der Waals surface area contributed by atoms with Crippen molar-refractivity contribution in [3.05, 3.63) is 109 Å². The maximum absolute atomic E-state index is 13.5. The number of benzene rings is 3. The molecule has 17 heteroatoms. The largest absolute Gasteiger partial charge is 0.440 e. The third-order valence-corrected chi connectivity index (χ3v) is 11.7. The van der Waals surface area contributed by atoms with Crippen LogP contribution in [0.3, 0.4) is 0 Å². The molecule has 2 atom stereocenters. The van der Waals surface area contributed by atoms with Crippen LogP contribution in [0.1, 0.15) is 56.6 Å². The van der Waals surface area contributed by atoms with Gasteiger partial charge in [0.25, 0.3) is 11.8 Å². The van der Waals surface area contributed by atoms with Gasteiger partial charge in [-0.3, -0.25) is 19.2 Å². The number of likely N-dealkylation sites (N-methyl/N-ethyl adjacent to an activating group) is 2. The molecule has 3 aromatic carbocycles. The Kier molecular flexibility index (Phi) is 16.6. The molecule has 4 heterocycles. The standard InChI is InChI=1S/C27H33FN4O4.C20H26BrN3O4/c1-18(31(4)21-7-5-20(28)6-8-21)22-15-19(27(34)29-9-10-30(2)3)16-23-24(33)17-25(36-26(22)23)32-11-13-35-14-12-32;1-13(21)15-10-14(20(26)22-4-5-23(2)3)11-16-17(25)12-18(28-19(15)16)24-6-8-27-9-7-24/h5-8,15-18H,9-14H2,1-4H3,(H,29,34);10-13H,4-9H2,1-3H3,(H,22,26). The molecule has 2 fully saturated rings. The van der Waals surface area contributed by atoms with Crippen LogP contribution in [-0.4, -0.2) is 136 Å². The molecule has 0 radical (unpaired) electrons. The second-order valence-corrected chi connectivity index (χ2v) is 17.9. The Morgan fingerprint density at radius 2 is 1.09 bits per heavy atom. The highest BCUT2D eigenvalue weighted by molar-refractivity contribution is 9.09. The molecule has 64 heavy (non-hydrogen) atoms. The summed E-state index contributed by atoms with van der Waals surface area (Å²) in [6.07, 6.45) is 0. The summed E-state index contributed by atoms with van der Waals surface area (Å²) in [5.41, 5.74) is 3.72. The molecule has 0 bridgehead atoms. The molecule has 2 saturated heterocycles. The molecule has 7 rings (SSSR count). The fraction of sp³-hybridized carbons (Fsp3) is 0.447. The fourth-order valence-corrected chi connectivity index (χ4v) is 7.73. The number of morpholine rings is 2. The molecule has 0 spiro atoms. The minimum atomic E-state index is -0.317. The summed E-state index contributed by atoms with van der Waals surface area (Å²) in [6, 6.07) is 15.7. The van der Waals surface area contributed by atoms with Crippen molar-refractivity contribution >= 4 is 67.1 Å². The molecule has 15 nitrogen and oxygen atoms in total. The maximum Gasteiger partial charge on any atom is 0.251 e. The van der Waals surface area contributed by atoms with Gasteiger partial charge in [-0.1, -0.05) is 15.9 Å². The highest BCUT2D eigenvalue weighted by atomic mass is 79.9. The Bertz CT molecular complexity index is 2520. The highest BCUT2D eigenvalue weighted by Crippen LogP contribution is 2.34. The van der Waals surface area contributed by atoms with E-state index in [0.717, 1.165) is 17.8 Å². The van der Waals surface area contributed by atoms with Crippen LogP contribution >= 0.6 is 15.9 Å². The number of alkyl halides is 1. The van der Waals surface area contributed by atoms with Gasteiger partial charge in [-0.15, -0.1) is 0 Å². The number of nitrogens with one attached hydrogen (secondary N) is 2. The van der Waals surface area contributed by atoms with Crippen LogP contribution in [0, 0.1) is 5.82 Å². The van der Waals surface area contributed by atoms with E-state index in [1.54, 1.807) is 36.4 Å². The number of ether oxygens (including phenoxy) is 2. The summed E-state index contributed by atoms with van der Waals surface area (Å²) >= 11 is 3.57. The first-order valence-corrected chi connectivity index (χ1v) is 22.4. The van der Waals surface area contributed by atoms with E-state index in [-0.39, 0.29) is 39.4 Å². The number of rotatable bonds is 14. The number of hydrogen-bond donors (Lipinski definition) is 2. The molecular weight excluding hydrogens is 889 g/mol. The molecule has 344 valence electrons. The van der Waals surface area contributed by atoms with Crippen molar-refractivity contribution in [3.63, 3.8) is 0 Å². The van der Waals surface area contributed by atoms with Crippen molar-refractivity contribution in [2.75, 3.05) is 129 Å². The van der Waals surface area contributed by atoms with E-state index in [1.807, 2.05) is 73.6 Å². The first kappa shape index (κ1) is 48.1. The molecule has 0 saturated carbocycles. The molecule has 2 aliphatic heterocycles. The van der Waals surface area contributed by atoms with Crippen molar-refractivity contribution in [3.8, 4) is 0 Å². The Morgan fingerprint density at radius 1 is 0.672 bits per heavy atom. The van der Waals surface area contributed by atoms with E-state index in [0.29, 0.717) is 123 Å². The van der Waals surface area contributed by atoms with E-state index in [1.165, 1.54) is 24.3 Å². The molecule has 2 N–H and O–H groups in total. The number of anilines is 3. The Labute approximate surface area is 381 Å². The number of carbonyl (C=O) groups is 2. The fourth-order valence-electron chi connectivity index (χ4n) is 7.39. The molecule has 2 aromatic heterocycles. The van der Waals surface area contributed by atoms with Gasteiger partial charge >= 0.3 is 0 Å². The molecule has 2 amide bonds. The van der Waals surface area contributed by atoms with Crippen LogP contribution in [0.4, 0.5) is 21.8 Å². The van der Waals surface area contributed by atoms with E-state index in [9.17, 15) is 23.6 Å². The summed E-state index contributed by atoms with van der Waals surface area (Å²) in [5.74, 6) is 0.251. The first-order chi connectivity index (χ1) is 30.6. The third-order valence-electron chi connectivity index (χ3n) is 11.2. The maximum atomic E-state index is 13.5. The average molecular weight is 949 g/mol. The minimum absolute atomic E-state index is 0.0763. The van der Waals surface area contributed by atoms with Crippen LogP contribution in [0.2, 0.25) is 0 Å². The van der Waals surface area contributed by atoms with E-state index in [2.05, 4.69) is 26.6 Å². The number of nitrogens with zero attached hydrogens (tertiary/aromatic N) is 5. The van der Waals surface area contributed by atoms with Gasteiger partial charge in [-0.05, 0) is 90.6 Å². The third kappa shape index (κ3) is 12.1. The van der Waals surface area contributed by atoms with Crippen molar-refractivity contribution in [2.24, 2.45) is 0 Å². The summed E-state index contributed by atoms with van der Waals surface area (Å²) in [4.78, 5) is 61.5. The van der Waals surface area contributed by atoms with Crippen LogP contribution in [0.25, 0.3) is 21.9 Å². The number of halogens is 2. The molecule has 2 aliphatic rings. The quantitative estimate of drug-likeness (QED) is 0.132. The van der Waals surface area contributed by atoms with Gasteiger partial charge in [-0.25, -0.2) is 4.39 Å². The van der Waals surface area contributed by atoms with Gasteiger partial charge in [0.1, 0.15) is 17.0 Å². The van der Waals surface area contributed by atoms with Crippen LogP contribution in [0.15, 0.2) is 79.1 Å². The Hall–Kier alpha value is -5.33. The zero-order valence-electron chi connectivity index (χ0n) is 37.7. The van der Waals surface area contributed by atoms with Crippen molar-refractivity contribution < 1.29 is 32.3 Å². The Morgan fingerprint density at radius 3 is 1.52 bits per heavy atom. The van der Waals surface area contributed by atoms with Crippen molar-refractivity contribution in [1.29, 1.82) is 0 Å². The lowest BCUT2D eigenvalue weighted by atomic mass is 9.99. The Balaban J connectivity index is 0.000000219. The summed E-state index contributed by atoms with van der Waals surface area (Å²) in [7, 11) is 9.65. The van der Waals surface area contributed by atoms with Gasteiger partial charge < -0.3 is 53.4 Å². The zero-order chi connectivity index (χ0) is 46.1. The zero-order valence-corrected chi connectivity index (χ0v) is 39.3. The smallest absolute Gasteiger partial charge is 0.251 e. The minimum Gasteiger partial charge on any atom is -0.440 e. The number of hydrogen-bond acceptors (Lipinski definition) is 13. The van der Waals surface area contributed by atoms with Gasteiger partial charge in [0.05, 0.1) is 43.2 Å². The van der Waals surface area contributed by atoms with Gasteiger partial charge in [-0.2, -0.15) is 0 Å². The van der Waals surface area contributed by atoms with E-state index in [4.69, 9.17) is 18.3 Å².